The Hall–Kier alpha value is -1.99. The first kappa shape index (κ1) is 18.1. The van der Waals surface area contributed by atoms with E-state index in [0.717, 1.165) is 12.1 Å². The van der Waals surface area contributed by atoms with Crippen LogP contribution in [0.3, 0.4) is 0 Å². The summed E-state index contributed by atoms with van der Waals surface area (Å²) < 4.78 is 40.6. The molecule has 0 atom stereocenters. The molecule has 0 fully saturated rings. The van der Waals surface area contributed by atoms with Gasteiger partial charge in [-0.3, -0.25) is 4.99 Å². The zero-order valence-electron chi connectivity index (χ0n) is 12.9. The van der Waals surface area contributed by atoms with E-state index in [1.807, 2.05) is 0 Å². The van der Waals surface area contributed by atoms with Gasteiger partial charge in [0.2, 0.25) is 5.88 Å². The number of aliphatic imine (C=N–C) groups is 1. The van der Waals surface area contributed by atoms with Crippen molar-refractivity contribution in [2.24, 2.45) is 10.9 Å². The summed E-state index contributed by atoms with van der Waals surface area (Å²) in [6, 6.07) is 3.06. The van der Waals surface area contributed by atoms with Crippen molar-refractivity contribution in [1.29, 1.82) is 0 Å². The van der Waals surface area contributed by atoms with E-state index >= 15 is 0 Å². The molecular formula is C14H21F3N4O. The molecule has 2 N–H and O–H groups in total. The van der Waals surface area contributed by atoms with Gasteiger partial charge in [0, 0.05) is 32.4 Å². The molecular weight excluding hydrogens is 297 g/mol. The minimum absolute atomic E-state index is 0.0524. The molecule has 1 aromatic heterocycles. The van der Waals surface area contributed by atoms with E-state index in [2.05, 4.69) is 39.2 Å². The third-order valence-corrected chi connectivity index (χ3v) is 2.54. The van der Waals surface area contributed by atoms with Crippen LogP contribution in [-0.2, 0) is 6.54 Å². The van der Waals surface area contributed by atoms with Crippen molar-refractivity contribution in [3.8, 4) is 5.88 Å². The van der Waals surface area contributed by atoms with Crippen LogP contribution in [0.5, 0.6) is 5.88 Å². The average Bonchev–Trinajstić information content (AvgIpc) is 2.45. The number of rotatable bonds is 6. The molecule has 0 aliphatic heterocycles. The number of alkyl halides is 3. The number of hydrogen-bond donors (Lipinski definition) is 2. The molecule has 0 bridgehead atoms. The highest BCUT2D eigenvalue weighted by Crippen LogP contribution is 2.16. The highest BCUT2D eigenvalue weighted by molar-refractivity contribution is 5.79. The van der Waals surface area contributed by atoms with E-state index in [1.165, 1.54) is 12.3 Å². The Balaban J connectivity index is 2.43. The number of hydrogen-bond acceptors (Lipinski definition) is 3. The van der Waals surface area contributed by atoms with Crippen molar-refractivity contribution >= 4 is 5.96 Å². The lowest BCUT2D eigenvalue weighted by atomic mass is 10.2. The number of pyridine rings is 1. The molecule has 0 aliphatic rings. The van der Waals surface area contributed by atoms with Crippen molar-refractivity contribution < 1.29 is 17.9 Å². The van der Waals surface area contributed by atoms with Gasteiger partial charge in [0.15, 0.2) is 12.6 Å². The molecule has 0 amide bonds. The molecule has 0 aromatic carbocycles. The summed E-state index contributed by atoms with van der Waals surface area (Å²) in [6.07, 6.45) is -2.90. The molecule has 0 saturated carbocycles. The fourth-order valence-electron chi connectivity index (χ4n) is 1.46. The predicted molar refractivity (Wildman–Crippen MR) is 78.8 cm³/mol. The molecule has 0 unspecified atom stereocenters. The lowest BCUT2D eigenvalue weighted by Crippen LogP contribution is -2.38. The minimum Gasteiger partial charge on any atom is -0.468 e. The zero-order chi connectivity index (χ0) is 16.6. The maximum Gasteiger partial charge on any atom is 0.422 e. The fraction of sp³-hybridized carbons (Fsp3) is 0.571. The molecule has 0 saturated heterocycles. The number of nitrogens with one attached hydrogen (secondary N) is 2. The van der Waals surface area contributed by atoms with Gasteiger partial charge in [-0.2, -0.15) is 13.2 Å². The molecule has 0 radical (unpaired) electrons. The Labute approximate surface area is 128 Å². The molecule has 124 valence electrons. The standard InChI is InChI=1S/C14H21F3N4O/c1-10(2)6-20-13(18-3)21-8-11-4-5-12(19-7-11)22-9-14(15,16)17/h4-5,7,10H,6,8-9H2,1-3H3,(H2,18,20,21). The minimum atomic E-state index is -4.36. The van der Waals surface area contributed by atoms with E-state index in [0.29, 0.717) is 18.4 Å². The summed E-state index contributed by atoms with van der Waals surface area (Å²) in [5.74, 6) is 1.10. The second kappa shape index (κ2) is 8.45. The van der Waals surface area contributed by atoms with E-state index < -0.39 is 12.8 Å². The van der Waals surface area contributed by atoms with Gasteiger partial charge in [0.05, 0.1) is 0 Å². The Morgan fingerprint density at radius 1 is 1.32 bits per heavy atom. The number of nitrogens with zero attached hydrogens (tertiary/aromatic N) is 2. The third kappa shape index (κ3) is 7.70. The zero-order valence-corrected chi connectivity index (χ0v) is 12.9. The third-order valence-electron chi connectivity index (χ3n) is 2.54. The van der Waals surface area contributed by atoms with E-state index in [9.17, 15) is 13.2 Å². The van der Waals surface area contributed by atoms with Crippen LogP contribution in [0.2, 0.25) is 0 Å². The van der Waals surface area contributed by atoms with Gasteiger partial charge in [-0.1, -0.05) is 19.9 Å². The lowest BCUT2D eigenvalue weighted by molar-refractivity contribution is -0.154. The summed E-state index contributed by atoms with van der Waals surface area (Å²) in [5.41, 5.74) is 0.812. The summed E-state index contributed by atoms with van der Waals surface area (Å²) in [4.78, 5) is 7.91. The first-order chi connectivity index (χ1) is 10.3. The maximum atomic E-state index is 12.0. The Bertz CT molecular complexity index is 472. The van der Waals surface area contributed by atoms with Gasteiger partial charge in [0.1, 0.15) is 0 Å². The molecule has 22 heavy (non-hydrogen) atoms. The van der Waals surface area contributed by atoms with Gasteiger partial charge in [-0.05, 0) is 11.5 Å². The topological polar surface area (TPSA) is 58.5 Å². The first-order valence-electron chi connectivity index (χ1n) is 6.89. The van der Waals surface area contributed by atoms with Gasteiger partial charge in [-0.25, -0.2) is 4.98 Å². The molecule has 0 aliphatic carbocycles. The maximum absolute atomic E-state index is 12.0. The normalized spacial score (nSPS) is 12.4. The Morgan fingerprint density at radius 2 is 2.05 bits per heavy atom. The van der Waals surface area contributed by atoms with Crippen LogP contribution in [0.25, 0.3) is 0 Å². The Morgan fingerprint density at radius 3 is 2.55 bits per heavy atom. The SMILES string of the molecule is CN=C(NCc1ccc(OCC(F)(F)F)nc1)NCC(C)C. The van der Waals surface area contributed by atoms with Gasteiger partial charge >= 0.3 is 6.18 Å². The van der Waals surface area contributed by atoms with Crippen LogP contribution in [0, 0.1) is 5.92 Å². The van der Waals surface area contributed by atoms with Gasteiger partial charge < -0.3 is 15.4 Å². The van der Waals surface area contributed by atoms with Crippen LogP contribution < -0.4 is 15.4 Å². The number of aromatic nitrogens is 1. The molecule has 1 heterocycles. The lowest BCUT2D eigenvalue weighted by Gasteiger charge is -2.13. The number of guanidine groups is 1. The van der Waals surface area contributed by atoms with Crippen LogP contribution >= 0.6 is 0 Å². The van der Waals surface area contributed by atoms with Crippen molar-refractivity contribution in [3.05, 3.63) is 23.9 Å². The highest BCUT2D eigenvalue weighted by Gasteiger charge is 2.28. The quantitative estimate of drug-likeness (QED) is 0.624. The van der Waals surface area contributed by atoms with Crippen molar-refractivity contribution in [2.75, 3.05) is 20.2 Å². The van der Waals surface area contributed by atoms with Crippen LogP contribution in [0.15, 0.2) is 23.3 Å². The summed E-state index contributed by atoms with van der Waals surface area (Å²) >= 11 is 0. The van der Waals surface area contributed by atoms with Crippen LogP contribution in [0.1, 0.15) is 19.4 Å². The molecule has 5 nitrogen and oxygen atoms in total. The molecule has 8 heteroatoms. The number of halogens is 3. The molecule has 1 rings (SSSR count). The van der Waals surface area contributed by atoms with E-state index in [1.54, 1.807) is 13.1 Å². The number of ether oxygens (including phenoxy) is 1. The fourth-order valence-corrected chi connectivity index (χ4v) is 1.46. The summed E-state index contributed by atoms with van der Waals surface area (Å²) in [5, 5.41) is 6.25. The first-order valence-corrected chi connectivity index (χ1v) is 6.89. The second-order valence-corrected chi connectivity index (χ2v) is 5.11. The van der Waals surface area contributed by atoms with Crippen LogP contribution in [0.4, 0.5) is 13.2 Å². The van der Waals surface area contributed by atoms with E-state index in [-0.39, 0.29) is 5.88 Å². The Kier molecular flexibility index (Phi) is 6.94. The average molecular weight is 318 g/mol. The van der Waals surface area contributed by atoms with Crippen molar-refractivity contribution in [2.45, 2.75) is 26.6 Å². The second-order valence-electron chi connectivity index (χ2n) is 5.11. The summed E-state index contributed by atoms with van der Waals surface area (Å²) in [7, 11) is 1.67. The largest absolute Gasteiger partial charge is 0.468 e. The van der Waals surface area contributed by atoms with Gasteiger partial charge in [-0.15, -0.1) is 0 Å². The predicted octanol–water partition coefficient (Wildman–Crippen LogP) is 2.34. The van der Waals surface area contributed by atoms with Gasteiger partial charge in [0.25, 0.3) is 0 Å². The molecule has 1 aromatic rings. The smallest absolute Gasteiger partial charge is 0.422 e. The van der Waals surface area contributed by atoms with E-state index in [4.69, 9.17) is 0 Å². The summed E-state index contributed by atoms with van der Waals surface area (Å²) in [6.45, 7) is 4.09. The van der Waals surface area contributed by atoms with Crippen molar-refractivity contribution in [3.63, 3.8) is 0 Å². The highest BCUT2D eigenvalue weighted by atomic mass is 19.4. The monoisotopic (exact) mass is 318 g/mol. The molecule has 0 spiro atoms. The van der Waals surface area contributed by atoms with Crippen LogP contribution in [-0.4, -0.2) is 37.3 Å². The van der Waals surface area contributed by atoms with Crippen molar-refractivity contribution in [1.82, 2.24) is 15.6 Å².